The Balaban J connectivity index is 0.000000156. The van der Waals surface area contributed by atoms with Crippen LogP contribution in [0.1, 0.15) is 67.5 Å². The highest BCUT2D eigenvalue weighted by Crippen LogP contribution is 2.72. The van der Waals surface area contributed by atoms with Gasteiger partial charge in [-0.15, -0.1) is 0 Å². The predicted molar refractivity (Wildman–Crippen MR) is 317 cm³/mol. The second-order valence-corrected chi connectivity index (χ2v) is 31.6. The molecular weight excluding hydrogens is 1130 g/mol. The van der Waals surface area contributed by atoms with Crippen LogP contribution in [0.4, 0.5) is 11.4 Å². The Morgan fingerprint density at radius 1 is 0.481 bits per heavy atom. The summed E-state index contributed by atoms with van der Waals surface area (Å²) in [4.78, 5) is 58.8. The van der Waals surface area contributed by atoms with E-state index in [1.165, 1.54) is 58.6 Å². The number of para-hydroxylation sites is 2. The third-order valence-corrected chi connectivity index (χ3v) is 27.6. The lowest BCUT2D eigenvalue weighted by molar-refractivity contribution is -0.163. The van der Waals surface area contributed by atoms with E-state index in [0.29, 0.717) is 14.9 Å². The van der Waals surface area contributed by atoms with E-state index in [4.69, 9.17) is 12.2 Å². The van der Waals surface area contributed by atoms with Crippen LogP contribution in [0, 0.1) is 13.8 Å². The molecule has 406 valence electrons. The van der Waals surface area contributed by atoms with Crippen molar-refractivity contribution in [3.8, 4) is 0 Å². The minimum Gasteiger partial charge on any atom is -0.320 e. The van der Waals surface area contributed by atoms with Crippen molar-refractivity contribution in [2.24, 2.45) is 0 Å². The predicted octanol–water partition coefficient (Wildman–Crippen LogP) is 9.66. The monoisotopic (exact) mass is 1190 g/mol. The van der Waals surface area contributed by atoms with Gasteiger partial charge in [0.05, 0.1) is 32.0 Å². The number of hydrogen-bond acceptors (Lipinski definition) is 13. The second-order valence-electron chi connectivity index (χ2n) is 21.3. The summed E-state index contributed by atoms with van der Waals surface area (Å²) >= 11 is 8.12. The number of hydrogen-bond donors (Lipinski definition) is 0. The maximum absolute atomic E-state index is 14.7. The van der Waals surface area contributed by atoms with E-state index >= 15 is 0 Å². The fourth-order valence-corrected chi connectivity index (χ4v) is 23.9. The van der Waals surface area contributed by atoms with E-state index in [-0.39, 0.29) is 53.7 Å². The molecule has 21 heteroatoms. The van der Waals surface area contributed by atoms with Crippen LogP contribution in [-0.2, 0) is 50.1 Å². The molecule has 10 heterocycles. The van der Waals surface area contributed by atoms with Crippen LogP contribution in [0.5, 0.6) is 0 Å². The van der Waals surface area contributed by atoms with Gasteiger partial charge in [0, 0.05) is 26.9 Å². The SMILES string of the molecule is C.Cc1ccc([C@]23C[C@@]45SC(=S)S[C@@](C)(C(=O)N4[C@H]2N(S(=O)(=O)c2ccccc2)c2ccccc23)N(C)C5=O)cc1.Cc1ccc([C@]23C[C@@]45SS[C@@](C)(C(=O)N4[C@H]2N(S(=O)(=O)c2ccccc2)c2ccccc23)N(C)C5=O)cc1. The van der Waals surface area contributed by atoms with Crippen LogP contribution in [-0.4, -0.2) is 110 Å². The summed E-state index contributed by atoms with van der Waals surface area (Å²) in [6.07, 6.45) is -1.50. The zero-order chi connectivity index (χ0) is 54.9. The van der Waals surface area contributed by atoms with Gasteiger partial charge in [0.25, 0.3) is 43.7 Å². The molecule has 8 fully saturated rings. The number of piperazine rings is 2. The van der Waals surface area contributed by atoms with Gasteiger partial charge < -0.3 is 9.80 Å². The van der Waals surface area contributed by atoms with Crippen LogP contribution in [0.15, 0.2) is 168 Å². The number of likely N-dealkylation sites (N-methyl/N-ethyl adjacent to an activating group) is 2. The van der Waals surface area contributed by atoms with E-state index in [2.05, 4.69) is 0 Å². The number of fused-ring (bicyclic) bond motifs is 11. The van der Waals surface area contributed by atoms with Gasteiger partial charge in [-0.05, 0) is 86.3 Å². The second kappa shape index (κ2) is 17.8. The van der Waals surface area contributed by atoms with E-state index < -0.39 is 62.7 Å². The molecule has 4 amide bonds. The number of carbonyl (C=O) groups excluding carboxylic acids is 4. The Bertz CT molecular complexity index is 3860. The summed E-state index contributed by atoms with van der Waals surface area (Å²) in [5.41, 5.74) is 4.50. The lowest BCUT2D eigenvalue weighted by Crippen LogP contribution is -2.76. The average Bonchev–Trinajstić information content (AvgIpc) is 1.79. The van der Waals surface area contributed by atoms with Gasteiger partial charge in [-0.2, -0.15) is 0 Å². The highest BCUT2D eigenvalue weighted by atomic mass is 33.1. The summed E-state index contributed by atoms with van der Waals surface area (Å²) < 4.78 is 61.4. The quantitative estimate of drug-likeness (QED) is 0.115. The number of thioether (sulfide) groups is 2. The molecule has 8 atom stereocenters. The molecule has 0 aromatic heterocycles. The molecule has 79 heavy (non-hydrogen) atoms. The number of anilines is 2. The van der Waals surface area contributed by atoms with Crippen molar-refractivity contribution in [1.29, 1.82) is 0 Å². The van der Waals surface area contributed by atoms with E-state index in [1.807, 2.05) is 98.8 Å². The minimum absolute atomic E-state index is 0. The van der Waals surface area contributed by atoms with Crippen molar-refractivity contribution in [1.82, 2.24) is 19.6 Å². The molecule has 10 aliphatic rings. The fourth-order valence-electron chi connectivity index (χ4n) is 13.3. The van der Waals surface area contributed by atoms with Gasteiger partial charge in [0.1, 0.15) is 15.9 Å². The molecule has 0 N–H and O–H groups in total. The maximum Gasteiger partial charge on any atom is 0.266 e. The zero-order valence-corrected chi connectivity index (χ0v) is 48.6. The Hall–Kier alpha value is -5.81. The number of carbonyl (C=O) groups is 4. The zero-order valence-electron chi connectivity index (χ0n) is 42.9. The van der Waals surface area contributed by atoms with Crippen LogP contribution in [0.25, 0.3) is 0 Å². The third-order valence-electron chi connectivity index (χ3n) is 17.3. The van der Waals surface area contributed by atoms with Gasteiger partial charge >= 0.3 is 0 Å². The molecular formula is C58H54N6O8S7. The normalized spacial score (nSPS) is 30.7. The van der Waals surface area contributed by atoms with Crippen LogP contribution >= 0.6 is 57.3 Å². The lowest BCUT2D eigenvalue weighted by Gasteiger charge is -2.58. The molecule has 16 rings (SSSR count). The first-order chi connectivity index (χ1) is 37.1. The highest BCUT2D eigenvalue weighted by molar-refractivity contribution is 8.78. The number of rotatable bonds is 6. The maximum atomic E-state index is 14.7. The van der Waals surface area contributed by atoms with E-state index in [1.54, 1.807) is 115 Å². The molecule has 0 unspecified atom stereocenters. The molecule has 14 nitrogen and oxygen atoms in total. The van der Waals surface area contributed by atoms with Crippen molar-refractivity contribution < 1.29 is 36.0 Å². The Labute approximate surface area is 482 Å². The fraction of sp³-hybridized carbons (Fsp3) is 0.293. The van der Waals surface area contributed by atoms with Crippen LogP contribution in [0.3, 0.4) is 0 Å². The molecule has 10 aliphatic heterocycles. The number of sulfonamides is 2. The first-order valence-electron chi connectivity index (χ1n) is 25.1. The number of aryl methyl sites for hydroxylation is 2. The van der Waals surface area contributed by atoms with Crippen molar-refractivity contribution >= 4 is 116 Å². The summed E-state index contributed by atoms with van der Waals surface area (Å²) in [6.45, 7) is 7.44. The van der Waals surface area contributed by atoms with E-state index in [0.717, 1.165) is 33.4 Å². The smallest absolute Gasteiger partial charge is 0.266 e. The number of thiocarbonyl (C=S) groups is 1. The number of amides is 4. The molecule has 0 radical (unpaired) electrons. The van der Waals surface area contributed by atoms with Gasteiger partial charge in [-0.3, -0.25) is 29.0 Å². The first kappa shape index (κ1) is 53.8. The van der Waals surface area contributed by atoms with Gasteiger partial charge in [0.15, 0.2) is 19.5 Å². The molecule has 2 spiro atoms. The standard InChI is InChI=1S/C29H25N3O4S4.C28H25N3O4S3.CH4/c1-18-13-15-19(16-14-18)28-17-29-25(34)30(3)27(2,38-26(37)39-29)24(33)31(29)23(28)32(22-12-8-7-11-21(22)28)40(35,36)20-9-5-4-6-10-20;1-18-13-15-19(16-14-18)27-17-28-25(33)29(3)26(2,36-37-28)24(32)30(28)23(27)31(22-12-8-7-11-21(22)27)38(34,35)20-9-5-4-6-10-20;/h4-16,23H,17H2,1-3H3;4-16,23H,17H2,1-3H3;1H4/t23-,27-,28-,29-;23-,26-,27-,28-;/m00./s1. The lowest BCUT2D eigenvalue weighted by atomic mass is 9.72. The van der Waals surface area contributed by atoms with Crippen LogP contribution < -0.4 is 8.61 Å². The average molecular weight is 1190 g/mol. The molecule has 4 bridgehead atoms. The van der Waals surface area contributed by atoms with Gasteiger partial charge in [-0.1, -0.05) is 197 Å². The Morgan fingerprint density at radius 3 is 1.33 bits per heavy atom. The number of benzene rings is 6. The number of nitrogens with zero attached hydrogens (tertiary/aromatic N) is 6. The summed E-state index contributed by atoms with van der Waals surface area (Å²) in [7, 11) is -2.18. The van der Waals surface area contributed by atoms with E-state index in [9.17, 15) is 36.0 Å². The Morgan fingerprint density at radius 2 is 0.861 bits per heavy atom. The molecule has 6 aromatic carbocycles. The largest absolute Gasteiger partial charge is 0.320 e. The van der Waals surface area contributed by atoms with Crippen molar-refractivity contribution in [3.05, 3.63) is 191 Å². The Kier molecular flexibility index (Phi) is 12.2. The summed E-state index contributed by atoms with van der Waals surface area (Å²) in [6, 6.07) is 47.4. The summed E-state index contributed by atoms with van der Waals surface area (Å²) in [5, 5.41) is 0. The highest BCUT2D eigenvalue weighted by Gasteiger charge is 2.80. The molecule has 6 aromatic rings. The first-order valence-corrected chi connectivity index (χ1v) is 32.2. The topological polar surface area (TPSA) is 156 Å². The summed E-state index contributed by atoms with van der Waals surface area (Å²) in [5.74, 6) is -0.989. The van der Waals surface area contributed by atoms with Crippen molar-refractivity contribution in [3.63, 3.8) is 0 Å². The third kappa shape index (κ3) is 6.77. The van der Waals surface area contributed by atoms with Crippen LogP contribution in [0.2, 0.25) is 0 Å². The van der Waals surface area contributed by atoms with Crippen molar-refractivity contribution in [2.45, 2.75) is 100 Å². The van der Waals surface area contributed by atoms with Crippen molar-refractivity contribution in [2.75, 3.05) is 22.7 Å². The minimum atomic E-state index is -4.17. The molecule has 8 saturated heterocycles. The molecule has 0 aliphatic carbocycles. The molecule has 0 saturated carbocycles. The van der Waals surface area contributed by atoms with Gasteiger partial charge in [-0.25, -0.2) is 25.4 Å². The van der Waals surface area contributed by atoms with Gasteiger partial charge in [0.2, 0.25) is 0 Å².